The average Bonchev–Trinajstić information content (AvgIpc) is 2.59. The zero-order valence-corrected chi connectivity index (χ0v) is 13.1. The molecule has 1 aromatic carbocycles. The Hall–Kier alpha value is -2.62. The van der Waals surface area contributed by atoms with Crippen LogP contribution in [0.25, 0.3) is 0 Å². The van der Waals surface area contributed by atoms with Crippen LogP contribution in [0.2, 0.25) is 0 Å². The first-order valence-electron chi connectivity index (χ1n) is 6.84. The first-order chi connectivity index (χ1) is 11.8. The number of benzene rings is 1. The fraction of sp³-hybridized carbons (Fsp3) is 0.333. The second-order valence-corrected chi connectivity index (χ2v) is 4.81. The largest absolute Gasteiger partial charge is 0.466 e. The van der Waals surface area contributed by atoms with Crippen molar-refractivity contribution in [2.24, 2.45) is 0 Å². The first kappa shape index (κ1) is 18.7. The molecule has 0 saturated carbocycles. The molecule has 0 saturated heterocycles. The third kappa shape index (κ3) is 3.43. The van der Waals surface area contributed by atoms with Crippen LogP contribution in [0.1, 0.15) is 12.0 Å². The smallest absolute Gasteiger partial charge is 0.355 e. The van der Waals surface area contributed by atoms with Gasteiger partial charge in [-0.25, -0.2) is 27.2 Å². The number of alkyl halides is 2. The molecule has 0 amide bonds. The summed E-state index contributed by atoms with van der Waals surface area (Å²) in [7, 11) is 2.07. The maximum Gasteiger partial charge on any atom is 0.355 e. The normalized spacial score (nSPS) is 14.8. The third-order valence-corrected chi connectivity index (χ3v) is 3.45. The fourth-order valence-electron chi connectivity index (χ4n) is 2.30. The van der Waals surface area contributed by atoms with Crippen molar-refractivity contribution in [3.63, 3.8) is 0 Å². The van der Waals surface area contributed by atoms with E-state index in [1.807, 2.05) is 0 Å². The minimum Gasteiger partial charge on any atom is -0.466 e. The van der Waals surface area contributed by atoms with E-state index in [2.05, 4.69) is 9.47 Å². The second-order valence-electron chi connectivity index (χ2n) is 4.81. The van der Waals surface area contributed by atoms with Crippen LogP contribution in [-0.2, 0) is 23.8 Å². The number of rotatable bonds is 4. The minimum absolute atomic E-state index is 0.289. The number of hydrogen-bond acceptors (Lipinski definition) is 6. The van der Waals surface area contributed by atoms with Gasteiger partial charge in [-0.15, -0.1) is 0 Å². The summed E-state index contributed by atoms with van der Waals surface area (Å²) in [6.45, 7) is -0.783. The van der Waals surface area contributed by atoms with Crippen LogP contribution >= 0.6 is 0 Å². The zero-order valence-electron chi connectivity index (χ0n) is 13.1. The molecule has 0 aromatic heterocycles. The van der Waals surface area contributed by atoms with Crippen molar-refractivity contribution in [2.75, 3.05) is 32.5 Å². The highest BCUT2D eigenvalue weighted by atomic mass is 19.3. The highest BCUT2D eigenvalue weighted by Gasteiger charge is 2.35. The molecular weight excluding hydrogens is 350 g/mol. The van der Waals surface area contributed by atoms with Gasteiger partial charge < -0.3 is 19.1 Å². The lowest BCUT2D eigenvalue weighted by atomic mass is 10.1. The number of ether oxygens (including phenoxy) is 3. The van der Waals surface area contributed by atoms with Gasteiger partial charge in [-0.3, -0.25) is 0 Å². The average molecular weight is 363 g/mol. The van der Waals surface area contributed by atoms with E-state index in [1.165, 1.54) is 0 Å². The van der Waals surface area contributed by atoms with Crippen molar-refractivity contribution in [3.05, 3.63) is 40.6 Å². The number of nitrogens with zero attached hydrogens (tertiary/aromatic N) is 1. The molecule has 1 aliphatic rings. The Morgan fingerprint density at radius 3 is 2.36 bits per heavy atom. The predicted octanol–water partition coefficient (Wildman–Crippen LogP) is 2.30. The Kier molecular flexibility index (Phi) is 5.62. The van der Waals surface area contributed by atoms with Crippen LogP contribution < -0.4 is 4.90 Å². The Morgan fingerprint density at radius 1 is 1.16 bits per heavy atom. The molecule has 25 heavy (non-hydrogen) atoms. The van der Waals surface area contributed by atoms with Crippen LogP contribution in [-0.4, -0.2) is 39.5 Å². The predicted molar refractivity (Wildman–Crippen MR) is 75.7 cm³/mol. The van der Waals surface area contributed by atoms with Crippen molar-refractivity contribution in [1.29, 1.82) is 0 Å². The summed E-state index contributed by atoms with van der Waals surface area (Å²) in [5.74, 6) is -5.00. The van der Waals surface area contributed by atoms with Crippen LogP contribution in [0, 0.1) is 11.6 Å². The van der Waals surface area contributed by atoms with E-state index in [-0.39, 0.29) is 12.2 Å². The molecular formula is C15H13F4NO5. The molecule has 0 unspecified atom stereocenters. The topological polar surface area (TPSA) is 65.1 Å². The molecule has 0 N–H and O–H groups in total. The van der Waals surface area contributed by atoms with Crippen LogP contribution in [0.3, 0.4) is 0 Å². The highest BCUT2D eigenvalue weighted by molar-refractivity contribution is 6.03. The Bertz CT molecular complexity index is 735. The zero-order chi connectivity index (χ0) is 18.7. The highest BCUT2D eigenvalue weighted by Crippen LogP contribution is 2.34. The van der Waals surface area contributed by atoms with Gasteiger partial charge in [0, 0.05) is 0 Å². The summed E-state index contributed by atoms with van der Waals surface area (Å²) in [5, 5.41) is 0. The summed E-state index contributed by atoms with van der Waals surface area (Å²) in [6, 6.07) is 1.48. The van der Waals surface area contributed by atoms with E-state index in [0.29, 0.717) is 6.07 Å². The molecule has 0 aliphatic carbocycles. The summed E-state index contributed by atoms with van der Waals surface area (Å²) in [5.41, 5.74) is -2.75. The number of carbonyl (C=O) groups excluding carboxylic acids is 2. The third-order valence-electron chi connectivity index (χ3n) is 3.45. The molecule has 2 rings (SSSR count). The van der Waals surface area contributed by atoms with E-state index in [1.54, 1.807) is 0 Å². The molecule has 0 bridgehead atoms. The standard InChI is InChI=1S/C15H13F4NO5/c1-23-14(21)7-5-25-6-20(12(7)15(22)24-2)9-4-3-8(16)10(11(9)17)13(18)19/h3-4,13H,5-6H2,1-2H3. The quantitative estimate of drug-likeness (QED) is 0.604. The van der Waals surface area contributed by atoms with Gasteiger partial charge in [0.05, 0.1) is 37.7 Å². The van der Waals surface area contributed by atoms with E-state index in [4.69, 9.17) is 4.74 Å². The van der Waals surface area contributed by atoms with E-state index in [0.717, 1.165) is 25.2 Å². The Balaban J connectivity index is 2.66. The lowest BCUT2D eigenvalue weighted by Crippen LogP contribution is -2.39. The second kappa shape index (κ2) is 7.51. The first-order valence-corrected chi connectivity index (χ1v) is 6.84. The van der Waals surface area contributed by atoms with Crippen molar-refractivity contribution in [1.82, 2.24) is 0 Å². The Morgan fingerprint density at radius 2 is 1.80 bits per heavy atom. The summed E-state index contributed by atoms with van der Waals surface area (Å²) in [6.07, 6.45) is -3.42. The van der Waals surface area contributed by atoms with Gasteiger partial charge in [0.25, 0.3) is 6.43 Å². The van der Waals surface area contributed by atoms with Gasteiger partial charge in [0.15, 0.2) is 5.82 Å². The van der Waals surface area contributed by atoms with E-state index in [9.17, 15) is 27.2 Å². The molecule has 1 aliphatic heterocycles. The summed E-state index contributed by atoms with van der Waals surface area (Å²) < 4.78 is 67.9. The molecule has 1 heterocycles. The number of esters is 2. The number of methoxy groups -OCH3 is 2. The lowest BCUT2D eigenvalue weighted by molar-refractivity contribution is -0.140. The van der Waals surface area contributed by atoms with Crippen molar-refractivity contribution >= 4 is 17.6 Å². The molecule has 0 fully saturated rings. The number of carbonyl (C=O) groups is 2. The van der Waals surface area contributed by atoms with Crippen LogP contribution in [0.4, 0.5) is 23.2 Å². The minimum atomic E-state index is -3.42. The van der Waals surface area contributed by atoms with E-state index < -0.39 is 53.7 Å². The summed E-state index contributed by atoms with van der Waals surface area (Å²) >= 11 is 0. The van der Waals surface area contributed by atoms with Crippen LogP contribution in [0.5, 0.6) is 0 Å². The van der Waals surface area contributed by atoms with Gasteiger partial charge in [0.2, 0.25) is 0 Å². The number of hydrogen-bond donors (Lipinski definition) is 0. The maximum absolute atomic E-state index is 14.4. The number of anilines is 1. The van der Waals surface area contributed by atoms with Gasteiger partial charge >= 0.3 is 11.9 Å². The van der Waals surface area contributed by atoms with E-state index >= 15 is 0 Å². The molecule has 6 nitrogen and oxygen atoms in total. The van der Waals surface area contributed by atoms with Gasteiger partial charge in [0.1, 0.15) is 18.2 Å². The summed E-state index contributed by atoms with van der Waals surface area (Å²) in [4.78, 5) is 24.7. The fourth-order valence-corrected chi connectivity index (χ4v) is 2.30. The molecule has 0 atom stereocenters. The Labute approximate surface area is 139 Å². The maximum atomic E-state index is 14.4. The van der Waals surface area contributed by atoms with Gasteiger partial charge in [-0.2, -0.15) is 0 Å². The number of halogens is 4. The SMILES string of the molecule is COC(=O)C1=C(C(=O)OC)N(c2ccc(F)c(C(F)F)c2F)COC1. The van der Waals surface area contributed by atoms with Crippen molar-refractivity contribution in [3.8, 4) is 0 Å². The molecule has 0 spiro atoms. The van der Waals surface area contributed by atoms with Crippen LogP contribution in [0.15, 0.2) is 23.4 Å². The molecule has 10 heteroatoms. The van der Waals surface area contributed by atoms with Gasteiger partial charge in [-0.1, -0.05) is 0 Å². The molecule has 136 valence electrons. The van der Waals surface area contributed by atoms with Crippen molar-refractivity contribution < 1.29 is 41.4 Å². The monoisotopic (exact) mass is 363 g/mol. The van der Waals surface area contributed by atoms with Crippen molar-refractivity contribution in [2.45, 2.75) is 6.43 Å². The van der Waals surface area contributed by atoms with Gasteiger partial charge in [-0.05, 0) is 12.1 Å². The molecule has 1 aromatic rings. The lowest BCUT2D eigenvalue weighted by Gasteiger charge is -2.31. The molecule has 0 radical (unpaired) electrons.